The third-order valence-corrected chi connectivity index (χ3v) is 6.41. The van der Waals surface area contributed by atoms with E-state index in [2.05, 4.69) is 4.98 Å². The molecule has 0 bridgehead atoms. The number of aromatic nitrogens is 2. The Morgan fingerprint density at radius 2 is 1.84 bits per heavy atom. The summed E-state index contributed by atoms with van der Waals surface area (Å²) in [5.74, 6) is -0.433. The molecular weight excluding hydrogens is 481 g/mol. The molecule has 0 aliphatic rings. The number of methoxy groups -OCH3 is 1. The number of nitrogens with zero attached hydrogens (tertiary/aromatic N) is 2. The first-order chi connectivity index (χ1) is 17.6. The van der Waals surface area contributed by atoms with E-state index >= 15 is 0 Å². The van der Waals surface area contributed by atoms with Gasteiger partial charge in [-0.15, -0.1) is 0 Å². The molecular formula is C29H27F3N2O3. The predicted molar refractivity (Wildman–Crippen MR) is 137 cm³/mol. The summed E-state index contributed by atoms with van der Waals surface area (Å²) in [6, 6.07) is 13.4. The van der Waals surface area contributed by atoms with Crippen LogP contribution >= 0.6 is 0 Å². The lowest BCUT2D eigenvalue weighted by Crippen LogP contribution is -2.19. The maximum absolute atomic E-state index is 13.3. The van der Waals surface area contributed by atoms with E-state index in [1.165, 1.54) is 12.1 Å². The fourth-order valence-corrected chi connectivity index (χ4v) is 4.36. The first-order valence-corrected chi connectivity index (χ1v) is 11.9. The van der Waals surface area contributed by atoms with Gasteiger partial charge in [0.1, 0.15) is 0 Å². The van der Waals surface area contributed by atoms with E-state index in [-0.39, 0.29) is 17.5 Å². The second-order valence-corrected chi connectivity index (χ2v) is 9.08. The molecule has 192 valence electrons. The third kappa shape index (κ3) is 5.80. The number of halogens is 3. The molecule has 0 fully saturated rings. The third-order valence-electron chi connectivity index (χ3n) is 6.41. The van der Waals surface area contributed by atoms with Crippen molar-refractivity contribution in [2.45, 2.75) is 32.4 Å². The number of aryl methyl sites for hydroxylation is 3. The minimum Gasteiger partial charge on any atom is -0.385 e. The van der Waals surface area contributed by atoms with Crippen molar-refractivity contribution in [3.63, 3.8) is 0 Å². The Bertz CT molecular complexity index is 1520. The van der Waals surface area contributed by atoms with Crippen molar-refractivity contribution in [1.82, 2.24) is 9.55 Å². The number of alkyl halides is 3. The molecule has 0 spiro atoms. The summed E-state index contributed by atoms with van der Waals surface area (Å²) >= 11 is 0. The molecule has 0 atom stereocenters. The summed E-state index contributed by atoms with van der Waals surface area (Å²) in [5.41, 5.74) is 3.17. The molecule has 8 heteroatoms. The Kier molecular flexibility index (Phi) is 7.59. The molecule has 0 aliphatic heterocycles. The van der Waals surface area contributed by atoms with E-state index < -0.39 is 17.5 Å². The van der Waals surface area contributed by atoms with Gasteiger partial charge in [0, 0.05) is 55.6 Å². The first kappa shape index (κ1) is 26.3. The molecule has 2 aromatic carbocycles. The van der Waals surface area contributed by atoms with E-state index in [9.17, 15) is 22.8 Å². The number of carbonyl (C=O) groups is 1. The Labute approximate surface area is 212 Å². The summed E-state index contributed by atoms with van der Waals surface area (Å²) < 4.78 is 45.9. The standard InChI is InChI=1S/C29H27F3N2O3/c1-18-9-10-19(13-27(35)20-6-4-7-22(14-20)29(30,31)32)12-24(18)25-15-21-17-33-23(8-5-11-37-3)16-26(21)34(2)28(25)36/h4,6-7,9-10,12,14-17H,5,8,11,13H2,1-3H3. The molecule has 37 heavy (non-hydrogen) atoms. The first-order valence-electron chi connectivity index (χ1n) is 11.9. The molecule has 2 heterocycles. The Balaban J connectivity index is 1.67. The molecule has 0 N–H and O–H groups in total. The van der Waals surface area contributed by atoms with Gasteiger partial charge in [0.2, 0.25) is 0 Å². The van der Waals surface area contributed by atoms with E-state index in [1.807, 2.05) is 19.1 Å². The van der Waals surface area contributed by atoms with Gasteiger partial charge < -0.3 is 9.30 Å². The van der Waals surface area contributed by atoms with Gasteiger partial charge in [-0.2, -0.15) is 13.2 Å². The lowest BCUT2D eigenvalue weighted by molar-refractivity contribution is -0.137. The van der Waals surface area contributed by atoms with E-state index in [0.29, 0.717) is 23.3 Å². The minimum atomic E-state index is -4.52. The number of fused-ring (bicyclic) bond motifs is 1. The van der Waals surface area contributed by atoms with Crippen molar-refractivity contribution in [3.05, 3.63) is 99.1 Å². The summed E-state index contributed by atoms with van der Waals surface area (Å²) in [7, 11) is 3.36. The summed E-state index contributed by atoms with van der Waals surface area (Å²) in [6.45, 7) is 2.50. The van der Waals surface area contributed by atoms with E-state index in [1.54, 1.807) is 43.1 Å². The van der Waals surface area contributed by atoms with Crippen LogP contribution < -0.4 is 5.56 Å². The zero-order chi connectivity index (χ0) is 26.7. The highest BCUT2D eigenvalue weighted by molar-refractivity contribution is 5.98. The molecule has 0 unspecified atom stereocenters. The number of rotatable bonds is 8. The molecule has 0 radical (unpaired) electrons. The zero-order valence-corrected chi connectivity index (χ0v) is 20.9. The van der Waals surface area contributed by atoms with Gasteiger partial charge in [0.15, 0.2) is 5.78 Å². The number of hydrogen-bond donors (Lipinski definition) is 0. The summed E-state index contributed by atoms with van der Waals surface area (Å²) in [5, 5.41) is 0.803. The molecule has 4 aromatic rings. The highest BCUT2D eigenvalue weighted by Gasteiger charge is 2.30. The van der Waals surface area contributed by atoms with Crippen LogP contribution in [0.2, 0.25) is 0 Å². The van der Waals surface area contributed by atoms with Crippen molar-refractivity contribution in [2.75, 3.05) is 13.7 Å². The topological polar surface area (TPSA) is 61.2 Å². The lowest BCUT2D eigenvalue weighted by atomic mass is 9.94. The van der Waals surface area contributed by atoms with Crippen LogP contribution in [-0.4, -0.2) is 29.1 Å². The number of benzene rings is 2. The van der Waals surface area contributed by atoms with Crippen molar-refractivity contribution >= 4 is 16.7 Å². The Morgan fingerprint density at radius 1 is 1.05 bits per heavy atom. The van der Waals surface area contributed by atoms with Crippen LogP contribution in [-0.2, 0) is 30.8 Å². The van der Waals surface area contributed by atoms with Gasteiger partial charge in [-0.1, -0.05) is 30.3 Å². The van der Waals surface area contributed by atoms with Crippen LogP contribution in [0.1, 0.15) is 39.2 Å². The van der Waals surface area contributed by atoms with Crippen molar-refractivity contribution in [3.8, 4) is 11.1 Å². The number of pyridine rings is 2. The maximum Gasteiger partial charge on any atom is 0.416 e. The minimum absolute atomic E-state index is 0.00838. The SMILES string of the molecule is COCCCc1cc2c(cn1)cc(-c1cc(CC(=O)c3cccc(C(F)(F)F)c3)ccc1C)c(=O)n2C. The summed E-state index contributed by atoms with van der Waals surface area (Å²) in [4.78, 5) is 30.7. The fourth-order valence-electron chi connectivity index (χ4n) is 4.36. The normalized spacial score (nSPS) is 11.7. The second-order valence-electron chi connectivity index (χ2n) is 9.08. The smallest absolute Gasteiger partial charge is 0.385 e. The highest BCUT2D eigenvalue weighted by Crippen LogP contribution is 2.30. The number of ketones is 1. The second kappa shape index (κ2) is 10.7. The zero-order valence-electron chi connectivity index (χ0n) is 20.9. The van der Waals surface area contributed by atoms with E-state index in [4.69, 9.17) is 4.74 Å². The lowest BCUT2D eigenvalue weighted by Gasteiger charge is -2.13. The Morgan fingerprint density at radius 3 is 2.57 bits per heavy atom. The quantitative estimate of drug-likeness (QED) is 0.219. The summed E-state index contributed by atoms with van der Waals surface area (Å²) in [6.07, 6.45) is -1.30. The number of ether oxygens (including phenoxy) is 1. The van der Waals surface area contributed by atoms with Gasteiger partial charge in [-0.25, -0.2) is 0 Å². The maximum atomic E-state index is 13.3. The molecule has 2 aromatic heterocycles. The van der Waals surface area contributed by atoms with Crippen LogP contribution in [0.5, 0.6) is 0 Å². The van der Waals surface area contributed by atoms with Crippen molar-refractivity contribution in [2.24, 2.45) is 7.05 Å². The average Bonchev–Trinajstić information content (AvgIpc) is 2.87. The van der Waals surface area contributed by atoms with Crippen LogP contribution in [0.25, 0.3) is 22.0 Å². The number of hydrogen-bond acceptors (Lipinski definition) is 4. The molecule has 0 aliphatic carbocycles. The van der Waals surface area contributed by atoms with Crippen molar-refractivity contribution < 1.29 is 22.7 Å². The predicted octanol–water partition coefficient (Wildman–Crippen LogP) is 5.93. The number of Topliss-reactive ketones (excluding diaryl/α,β-unsaturated/α-hetero) is 1. The van der Waals surface area contributed by atoms with Gasteiger partial charge >= 0.3 is 6.18 Å². The van der Waals surface area contributed by atoms with Crippen LogP contribution in [0.3, 0.4) is 0 Å². The molecule has 0 saturated carbocycles. The van der Waals surface area contributed by atoms with Crippen molar-refractivity contribution in [1.29, 1.82) is 0 Å². The van der Waals surface area contributed by atoms with Gasteiger partial charge in [-0.3, -0.25) is 14.6 Å². The number of carbonyl (C=O) groups excluding carboxylic acids is 1. The highest BCUT2D eigenvalue weighted by atomic mass is 19.4. The van der Waals surface area contributed by atoms with Gasteiger partial charge in [-0.05, 0) is 60.7 Å². The van der Waals surface area contributed by atoms with Gasteiger partial charge in [0.05, 0.1) is 11.1 Å². The van der Waals surface area contributed by atoms with Crippen LogP contribution in [0.4, 0.5) is 13.2 Å². The molecule has 0 amide bonds. The van der Waals surface area contributed by atoms with Crippen LogP contribution in [0, 0.1) is 6.92 Å². The monoisotopic (exact) mass is 508 g/mol. The average molecular weight is 509 g/mol. The van der Waals surface area contributed by atoms with Gasteiger partial charge in [0.25, 0.3) is 5.56 Å². The molecule has 4 rings (SSSR count). The largest absolute Gasteiger partial charge is 0.416 e. The Hall–Kier alpha value is -3.78. The fraction of sp³-hybridized carbons (Fsp3) is 0.276. The van der Waals surface area contributed by atoms with Crippen LogP contribution in [0.15, 0.2) is 65.6 Å². The molecule has 0 saturated heterocycles. The molecule has 5 nitrogen and oxygen atoms in total. The van der Waals surface area contributed by atoms with E-state index in [0.717, 1.165) is 47.1 Å².